The number of para-hydroxylation sites is 2. The van der Waals surface area contributed by atoms with E-state index in [9.17, 15) is 18.0 Å². The van der Waals surface area contributed by atoms with Crippen LogP contribution in [0.1, 0.15) is 5.56 Å². The van der Waals surface area contributed by atoms with E-state index in [0.717, 1.165) is 0 Å². The van der Waals surface area contributed by atoms with Gasteiger partial charge in [0.1, 0.15) is 11.4 Å². The van der Waals surface area contributed by atoms with Crippen molar-refractivity contribution in [1.82, 2.24) is 10.9 Å². The van der Waals surface area contributed by atoms with E-state index < -0.39 is 12.1 Å². The van der Waals surface area contributed by atoms with Gasteiger partial charge in [0.15, 0.2) is 11.6 Å². The average Bonchev–Trinajstić information content (AvgIpc) is 2.68. The molecule has 124 valence electrons. The lowest BCUT2D eigenvalue weighted by molar-refractivity contribution is -0.174. The minimum atomic E-state index is -5.02. The maximum absolute atomic E-state index is 12.3. The molecule has 0 fully saturated rings. The Balaban J connectivity index is 2.00. The summed E-state index contributed by atoms with van der Waals surface area (Å²) in [5, 5.41) is 0.333. The fourth-order valence-corrected chi connectivity index (χ4v) is 2.17. The minimum absolute atomic E-state index is 0.0324. The Morgan fingerprint density at radius 1 is 1.12 bits per heavy atom. The van der Waals surface area contributed by atoms with Crippen LogP contribution in [-0.4, -0.2) is 17.9 Å². The third-order valence-corrected chi connectivity index (χ3v) is 3.30. The predicted octanol–water partition coefficient (Wildman–Crippen LogP) is 3.71. The third kappa shape index (κ3) is 3.28. The van der Waals surface area contributed by atoms with Crippen molar-refractivity contribution < 1.29 is 22.7 Å². The second-order valence-electron chi connectivity index (χ2n) is 4.75. The van der Waals surface area contributed by atoms with Gasteiger partial charge in [0.25, 0.3) is 0 Å². The zero-order valence-electron chi connectivity index (χ0n) is 11.8. The molecule has 0 unspecified atom stereocenters. The summed E-state index contributed by atoms with van der Waals surface area (Å²) in [5.74, 6) is -1.43. The molecule has 2 aromatic rings. The lowest BCUT2D eigenvalue weighted by atomic mass is 10.2. The van der Waals surface area contributed by atoms with Gasteiger partial charge in [-0.2, -0.15) is 13.2 Å². The molecule has 0 atom stereocenters. The molecule has 5 nitrogen and oxygen atoms in total. The molecule has 0 spiro atoms. The van der Waals surface area contributed by atoms with Crippen LogP contribution >= 0.6 is 11.6 Å². The van der Waals surface area contributed by atoms with E-state index >= 15 is 0 Å². The molecule has 0 saturated carbocycles. The number of carbonyl (C=O) groups excluding carboxylic acids is 1. The molecule has 2 aromatic carbocycles. The number of benzene rings is 2. The van der Waals surface area contributed by atoms with E-state index in [1.807, 2.05) is 0 Å². The first-order chi connectivity index (χ1) is 11.3. The standard InChI is InChI=1S/C15H9ClF3N3O2/c16-8-5-6-11-9(7-8)13(21-22-14(23)15(17,18)19)20-10-3-1-2-4-12(10)24-11/h1-7H,(H,20,21)(H,22,23). The lowest BCUT2D eigenvalue weighted by Crippen LogP contribution is -2.48. The van der Waals surface area contributed by atoms with Crippen LogP contribution < -0.4 is 15.6 Å². The third-order valence-electron chi connectivity index (χ3n) is 3.07. The number of amidine groups is 1. The molecule has 0 radical (unpaired) electrons. The van der Waals surface area contributed by atoms with Gasteiger partial charge in [0.05, 0.1) is 5.56 Å². The summed E-state index contributed by atoms with van der Waals surface area (Å²) in [6.45, 7) is 0. The number of ether oxygens (including phenoxy) is 1. The normalized spacial score (nSPS) is 12.9. The first-order valence-electron chi connectivity index (χ1n) is 6.63. The Morgan fingerprint density at radius 2 is 1.88 bits per heavy atom. The summed E-state index contributed by atoms with van der Waals surface area (Å²) in [5.41, 5.74) is 4.44. The molecule has 3 rings (SSSR count). The first kappa shape index (κ1) is 16.1. The van der Waals surface area contributed by atoms with Crippen molar-refractivity contribution in [2.75, 3.05) is 0 Å². The van der Waals surface area contributed by atoms with Crippen LogP contribution in [0.3, 0.4) is 0 Å². The molecule has 0 bridgehead atoms. The van der Waals surface area contributed by atoms with E-state index in [4.69, 9.17) is 16.3 Å². The number of fused-ring (bicyclic) bond motifs is 2. The average molecular weight is 356 g/mol. The van der Waals surface area contributed by atoms with Gasteiger partial charge in [0.2, 0.25) is 0 Å². The van der Waals surface area contributed by atoms with Crippen LogP contribution in [0.4, 0.5) is 18.9 Å². The van der Waals surface area contributed by atoms with E-state index in [1.54, 1.807) is 41.8 Å². The summed E-state index contributed by atoms with van der Waals surface area (Å²) in [6, 6.07) is 11.3. The van der Waals surface area contributed by atoms with Crippen molar-refractivity contribution in [2.45, 2.75) is 6.18 Å². The Labute approximate surface area is 139 Å². The Kier molecular flexibility index (Phi) is 4.06. The number of nitrogens with zero attached hydrogens (tertiary/aromatic N) is 1. The topological polar surface area (TPSA) is 62.7 Å². The van der Waals surface area contributed by atoms with Crippen LogP contribution in [0.2, 0.25) is 5.02 Å². The molecule has 1 heterocycles. The van der Waals surface area contributed by atoms with Gasteiger partial charge < -0.3 is 4.74 Å². The molecular formula is C15H9ClF3N3O2. The number of amides is 1. The van der Waals surface area contributed by atoms with Gasteiger partial charge >= 0.3 is 12.1 Å². The van der Waals surface area contributed by atoms with Crippen molar-refractivity contribution >= 4 is 29.0 Å². The quantitative estimate of drug-likeness (QED) is 0.708. The molecule has 1 aliphatic rings. The highest BCUT2D eigenvalue weighted by atomic mass is 35.5. The van der Waals surface area contributed by atoms with Gasteiger partial charge in [-0.3, -0.25) is 15.6 Å². The fourth-order valence-electron chi connectivity index (χ4n) is 1.99. The molecule has 2 N–H and O–H groups in total. The van der Waals surface area contributed by atoms with Crippen molar-refractivity contribution in [2.24, 2.45) is 4.99 Å². The van der Waals surface area contributed by atoms with Gasteiger partial charge in [-0.05, 0) is 30.3 Å². The van der Waals surface area contributed by atoms with E-state index in [-0.39, 0.29) is 5.84 Å². The number of rotatable bonds is 0. The van der Waals surface area contributed by atoms with Crippen LogP contribution in [0, 0.1) is 0 Å². The van der Waals surface area contributed by atoms with Crippen molar-refractivity contribution in [3.8, 4) is 11.5 Å². The summed E-state index contributed by atoms with van der Waals surface area (Å²) < 4.78 is 42.7. The second-order valence-corrected chi connectivity index (χ2v) is 5.18. The monoisotopic (exact) mass is 355 g/mol. The van der Waals surface area contributed by atoms with Crippen molar-refractivity contribution in [1.29, 1.82) is 0 Å². The van der Waals surface area contributed by atoms with Crippen LogP contribution in [0.25, 0.3) is 0 Å². The SMILES string of the molecule is O=C(NNC1=Nc2ccccc2Oc2ccc(Cl)cc21)C(F)(F)F. The summed E-state index contributed by atoms with van der Waals surface area (Å²) in [7, 11) is 0. The molecule has 1 aliphatic heterocycles. The molecule has 9 heteroatoms. The van der Waals surface area contributed by atoms with Crippen molar-refractivity contribution in [3.63, 3.8) is 0 Å². The fraction of sp³-hybridized carbons (Fsp3) is 0.0667. The number of hydrazine groups is 1. The lowest BCUT2D eigenvalue weighted by Gasteiger charge is -2.13. The molecule has 0 aliphatic carbocycles. The number of hydrogen-bond acceptors (Lipinski definition) is 4. The molecular weight excluding hydrogens is 347 g/mol. The van der Waals surface area contributed by atoms with Gasteiger partial charge in [-0.1, -0.05) is 23.7 Å². The molecule has 0 saturated heterocycles. The number of carbonyl (C=O) groups is 1. The Bertz CT molecular complexity index is 837. The Morgan fingerprint density at radius 3 is 2.62 bits per heavy atom. The number of halogens is 4. The van der Waals surface area contributed by atoms with Crippen LogP contribution in [0.15, 0.2) is 47.5 Å². The highest BCUT2D eigenvalue weighted by Gasteiger charge is 2.39. The molecule has 1 amide bonds. The van der Waals surface area contributed by atoms with E-state index in [1.165, 1.54) is 6.07 Å². The van der Waals surface area contributed by atoms with Crippen LogP contribution in [-0.2, 0) is 4.79 Å². The second kappa shape index (κ2) is 6.04. The van der Waals surface area contributed by atoms with Gasteiger partial charge in [0, 0.05) is 5.02 Å². The van der Waals surface area contributed by atoms with E-state index in [0.29, 0.717) is 27.8 Å². The zero-order chi connectivity index (χ0) is 17.3. The predicted molar refractivity (Wildman–Crippen MR) is 81.5 cm³/mol. The highest BCUT2D eigenvalue weighted by molar-refractivity contribution is 6.31. The van der Waals surface area contributed by atoms with Crippen molar-refractivity contribution in [3.05, 3.63) is 53.1 Å². The minimum Gasteiger partial charge on any atom is -0.454 e. The number of alkyl halides is 3. The van der Waals surface area contributed by atoms with Gasteiger partial charge in [-0.25, -0.2) is 4.99 Å². The number of aliphatic imine (C=N–C) groups is 1. The van der Waals surface area contributed by atoms with Crippen LogP contribution in [0.5, 0.6) is 11.5 Å². The smallest absolute Gasteiger partial charge is 0.454 e. The Hall–Kier alpha value is -2.74. The number of nitrogens with one attached hydrogen (secondary N) is 2. The maximum atomic E-state index is 12.3. The summed E-state index contributed by atoms with van der Waals surface area (Å²) in [4.78, 5) is 15.2. The largest absolute Gasteiger partial charge is 0.472 e. The summed E-state index contributed by atoms with van der Waals surface area (Å²) >= 11 is 5.94. The highest BCUT2D eigenvalue weighted by Crippen LogP contribution is 2.37. The molecule has 24 heavy (non-hydrogen) atoms. The summed E-state index contributed by atoms with van der Waals surface area (Å²) in [6.07, 6.45) is -5.02. The first-order valence-corrected chi connectivity index (χ1v) is 7.01. The number of hydrogen-bond donors (Lipinski definition) is 2. The van der Waals surface area contributed by atoms with Gasteiger partial charge in [-0.15, -0.1) is 0 Å². The zero-order valence-corrected chi connectivity index (χ0v) is 12.6. The molecule has 0 aromatic heterocycles. The van der Waals surface area contributed by atoms with E-state index in [2.05, 4.69) is 10.4 Å². The maximum Gasteiger partial charge on any atom is 0.472 e.